The molecule has 1 fully saturated rings. The second-order valence-electron chi connectivity index (χ2n) is 4.56. The van der Waals surface area contributed by atoms with Crippen LogP contribution in [0.15, 0.2) is 5.38 Å². The van der Waals surface area contributed by atoms with E-state index in [4.69, 9.17) is 10.5 Å². The first-order chi connectivity index (χ1) is 8.74. The van der Waals surface area contributed by atoms with Gasteiger partial charge in [0.25, 0.3) is 0 Å². The van der Waals surface area contributed by atoms with Crippen LogP contribution < -0.4 is 11.1 Å². The Balaban J connectivity index is 1.56. The van der Waals surface area contributed by atoms with Crippen LogP contribution in [0.25, 0.3) is 0 Å². The first-order valence-electron chi connectivity index (χ1n) is 6.28. The number of ether oxygens (including phenoxy) is 1. The summed E-state index contributed by atoms with van der Waals surface area (Å²) in [7, 11) is 0. The van der Waals surface area contributed by atoms with E-state index in [0.717, 1.165) is 38.2 Å². The van der Waals surface area contributed by atoms with Gasteiger partial charge in [0, 0.05) is 31.6 Å². The number of nitrogens with two attached hydrogens (primary N) is 1. The van der Waals surface area contributed by atoms with Crippen molar-refractivity contribution < 1.29 is 9.53 Å². The van der Waals surface area contributed by atoms with Crippen molar-refractivity contribution in [3.63, 3.8) is 0 Å². The van der Waals surface area contributed by atoms with E-state index in [1.54, 1.807) is 0 Å². The van der Waals surface area contributed by atoms with Gasteiger partial charge in [0.15, 0.2) is 5.13 Å². The number of thiazole rings is 1. The summed E-state index contributed by atoms with van der Waals surface area (Å²) < 4.78 is 5.24. The molecule has 18 heavy (non-hydrogen) atoms. The maximum absolute atomic E-state index is 11.6. The second-order valence-corrected chi connectivity index (χ2v) is 5.45. The third kappa shape index (κ3) is 4.27. The Morgan fingerprint density at radius 1 is 1.67 bits per heavy atom. The number of hydrogen-bond acceptors (Lipinski definition) is 5. The Bertz CT molecular complexity index is 388. The molecule has 0 bridgehead atoms. The summed E-state index contributed by atoms with van der Waals surface area (Å²) in [5, 5.41) is 5.51. The van der Waals surface area contributed by atoms with E-state index in [1.807, 2.05) is 5.38 Å². The molecule has 1 aromatic heterocycles. The highest BCUT2D eigenvalue weighted by Crippen LogP contribution is 2.16. The van der Waals surface area contributed by atoms with Gasteiger partial charge in [0.2, 0.25) is 5.91 Å². The molecule has 5 nitrogen and oxygen atoms in total. The summed E-state index contributed by atoms with van der Waals surface area (Å²) in [6.07, 6.45) is 3.35. The predicted octanol–water partition coefficient (Wildman–Crippen LogP) is 1.20. The minimum atomic E-state index is 0.128. The molecule has 1 saturated heterocycles. The highest BCUT2D eigenvalue weighted by Gasteiger charge is 2.18. The van der Waals surface area contributed by atoms with E-state index >= 15 is 0 Å². The average Bonchev–Trinajstić information content (AvgIpc) is 2.96. The fraction of sp³-hybridized carbons (Fsp3) is 0.667. The highest BCUT2D eigenvalue weighted by molar-refractivity contribution is 7.13. The van der Waals surface area contributed by atoms with Crippen LogP contribution in [0, 0.1) is 5.92 Å². The Labute approximate surface area is 111 Å². The Morgan fingerprint density at radius 2 is 2.56 bits per heavy atom. The van der Waals surface area contributed by atoms with E-state index in [-0.39, 0.29) is 5.91 Å². The number of hydrogen-bond donors (Lipinski definition) is 2. The Hall–Kier alpha value is -1.14. The van der Waals surface area contributed by atoms with E-state index in [1.165, 1.54) is 11.3 Å². The lowest BCUT2D eigenvalue weighted by atomic mass is 10.0. The number of carbonyl (C=O) groups is 1. The highest BCUT2D eigenvalue weighted by atomic mass is 32.1. The molecule has 0 unspecified atom stereocenters. The number of aromatic nitrogens is 1. The van der Waals surface area contributed by atoms with Gasteiger partial charge < -0.3 is 15.8 Å². The maximum atomic E-state index is 11.6. The molecule has 2 rings (SSSR count). The van der Waals surface area contributed by atoms with Gasteiger partial charge in [0.1, 0.15) is 0 Å². The van der Waals surface area contributed by atoms with Crippen molar-refractivity contribution in [2.75, 3.05) is 25.5 Å². The van der Waals surface area contributed by atoms with Crippen molar-refractivity contribution in [2.24, 2.45) is 5.92 Å². The van der Waals surface area contributed by atoms with Crippen LogP contribution in [0.1, 0.15) is 25.0 Å². The molecule has 0 saturated carbocycles. The van der Waals surface area contributed by atoms with E-state index in [9.17, 15) is 4.79 Å². The molecule has 6 heteroatoms. The number of nitrogens with one attached hydrogen (secondary N) is 1. The second kappa shape index (κ2) is 6.70. The third-order valence-electron chi connectivity index (χ3n) is 3.00. The first kappa shape index (κ1) is 13.3. The SMILES string of the molecule is Nc1nc(CCCNC(=O)C[C@H]2CCOC2)cs1. The van der Waals surface area contributed by atoms with Gasteiger partial charge in [-0.1, -0.05) is 0 Å². The number of nitrogens with zero attached hydrogens (tertiary/aromatic N) is 1. The number of rotatable bonds is 6. The molecule has 1 aliphatic rings. The maximum Gasteiger partial charge on any atom is 0.220 e. The van der Waals surface area contributed by atoms with Crippen molar-refractivity contribution in [3.05, 3.63) is 11.1 Å². The topological polar surface area (TPSA) is 77.2 Å². The fourth-order valence-corrected chi connectivity index (χ4v) is 2.61. The quantitative estimate of drug-likeness (QED) is 0.761. The van der Waals surface area contributed by atoms with Crippen molar-refractivity contribution >= 4 is 22.4 Å². The van der Waals surface area contributed by atoms with Crippen molar-refractivity contribution in [1.82, 2.24) is 10.3 Å². The Morgan fingerprint density at radius 3 is 3.22 bits per heavy atom. The largest absolute Gasteiger partial charge is 0.381 e. The summed E-state index contributed by atoms with van der Waals surface area (Å²) in [5.74, 6) is 0.534. The fourth-order valence-electron chi connectivity index (χ4n) is 2.01. The number of aryl methyl sites for hydroxylation is 1. The van der Waals surface area contributed by atoms with Gasteiger partial charge in [-0.2, -0.15) is 0 Å². The standard InChI is InChI=1S/C12H19N3O2S/c13-12-15-10(8-18-12)2-1-4-14-11(16)6-9-3-5-17-7-9/h8-9H,1-7H2,(H2,13,15)(H,14,16)/t9-/m1/s1. The van der Waals surface area contributed by atoms with E-state index in [0.29, 0.717) is 24.0 Å². The molecule has 100 valence electrons. The molecule has 0 aromatic carbocycles. The van der Waals surface area contributed by atoms with E-state index < -0.39 is 0 Å². The van der Waals surface area contributed by atoms with Gasteiger partial charge in [0.05, 0.1) is 5.69 Å². The lowest BCUT2D eigenvalue weighted by Gasteiger charge is -2.08. The van der Waals surface area contributed by atoms with Gasteiger partial charge >= 0.3 is 0 Å². The lowest BCUT2D eigenvalue weighted by Crippen LogP contribution is -2.27. The predicted molar refractivity (Wildman–Crippen MR) is 71.4 cm³/mol. The molecular formula is C12H19N3O2S. The first-order valence-corrected chi connectivity index (χ1v) is 7.16. The number of nitrogen functional groups attached to an aromatic ring is 1. The summed E-state index contributed by atoms with van der Waals surface area (Å²) in [6.45, 7) is 2.22. The van der Waals surface area contributed by atoms with Crippen molar-refractivity contribution in [2.45, 2.75) is 25.7 Å². The molecule has 1 aromatic rings. The molecule has 0 spiro atoms. The molecule has 1 aliphatic heterocycles. The molecule has 2 heterocycles. The normalized spacial score (nSPS) is 19.0. The lowest BCUT2D eigenvalue weighted by molar-refractivity contribution is -0.122. The van der Waals surface area contributed by atoms with Crippen LogP contribution in [-0.4, -0.2) is 30.6 Å². The van der Waals surface area contributed by atoms with Gasteiger partial charge in [-0.15, -0.1) is 11.3 Å². The summed E-state index contributed by atoms with van der Waals surface area (Å²) in [4.78, 5) is 15.8. The summed E-state index contributed by atoms with van der Waals surface area (Å²) >= 11 is 1.46. The zero-order chi connectivity index (χ0) is 12.8. The van der Waals surface area contributed by atoms with Crippen LogP contribution in [0.3, 0.4) is 0 Å². The molecule has 0 aliphatic carbocycles. The number of carbonyl (C=O) groups excluding carboxylic acids is 1. The van der Waals surface area contributed by atoms with E-state index in [2.05, 4.69) is 10.3 Å². The monoisotopic (exact) mass is 269 g/mol. The van der Waals surface area contributed by atoms with Gasteiger partial charge in [-0.3, -0.25) is 4.79 Å². The zero-order valence-electron chi connectivity index (χ0n) is 10.4. The van der Waals surface area contributed by atoms with Crippen molar-refractivity contribution in [3.8, 4) is 0 Å². The van der Waals surface area contributed by atoms with Crippen LogP contribution in [0.5, 0.6) is 0 Å². The zero-order valence-corrected chi connectivity index (χ0v) is 11.2. The minimum absolute atomic E-state index is 0.128. The van der Waals surface area contributed by atoms with Crippen LogP contribution in [-0.2, 0) is 16.0 Å². The van der Waals surface area contributed by atoms with Gasteiger partial charge in [-0.05, 0) is 25.2 Å². The Kier molecular flexibility index (Phi) is 4.95. The molecule has 1 atom stereocenters. The summed E-state index contributed by atoms with van der Waals surface area (Å²) in [5.41, 5.74) is 6.56. The number of anilines is 1. The molecule has 3 N–H and O–H groups in total. The van der Waals surface area contributed by atoms with Crippen LogP contribution in [0.2, 0.25) is 0 Å². The van der Waals surface area contributed by atoms with Crippen LogP contribution >= 0.6 is 11.3 Å². The average molecular weight is 269 g/mol. The third-order valence-corrected chi connectivity index (χ3v) is 3.72. The minimum Gasteiger partial charge on any atom is -0.381 e. The van der Waals surface area contributed by atoms with Gasteiger partial charge in [-0.25, -0.2) is 4.98 Å². The molecular weight excluding hydrogens is 250 g/mol. The van der Waals surface area contributed by atoms with Crippen molar-refractivity contribution in [1.29, 1.82) is 0 Å². The number of amides is 1. The smallest absolute Gasteiger partial charge is 0.220 e. The summed E-state index contributed by atoms with van der Waals surface area (Å²) in [6, 6.07) is 0. The molecule has 1 amide bonds. The van der Waals surface area contributed by atoms with Crippen LogP contribution in [0.4, 0.5) is 5.13 Å². The molecule has 0 radical (unpaired) electrons.